The molecule has 1 atom stereocenters. The number of amides is 2. The van der Waals surface area contributed by atoms with E-state index in [1.807, 2.05) is 62.9 Å². The molecule has 0 aliphatic carbocycles. The Bertz CT molecular complexity index is 1110. The van der Waals surface area contributed by atoms with Gasteiger partial charge in [0.1, 0.15) is 10.8 Å². The van der Waals surface area contributed by atoms with Crippen molar-refractivity contribution >= 4 is 28.2 Å². The van der Waals surface area contributed by atoms with Crippen LogP contribution in [0.3, 0.4) is 0 Å². The first kappa shape index (κ1) is 22.3. The van der Waals surface area contributed by atoms with Crippen LogP contribution in [0.15, 0.2) is 34.9 Å². The Hall–Kier alpha value is -2.93. The van der Waals surface area contributed by atoms with Gasteiger partial charge in [-0.25, -0.2) is 0 Å². The van der Waals surface area contributed by atoms with Crippen molar-refractivity contribution in [3.05, 3.63) is 58.5 Å². The summed E-state index contributed by atoms with van der Waals surface area (Å²) < 4.78 is 5.25. The van der Waals surface area contributed by atoms with Crippen LogP contribution in [-0.4, -0.2) is 35.0 Å². The second-order valence-electron chi connectivity index (χ2n) is 8.43. The predicted octanol–water partition coefficient (Wildman–Crippen LogP) is 5.70. The Morgan fingerprint density at radius 2 is 1.78 bits per heavy atom. The first-order valence-electron chi connectivity index (χ1n) is 11.1. The monoisotopic (exact) mass is 451 g/mol. The molecule has 168 valence electrons. The van der Waals surface area contributed by atoms with Gasteiger partial charge < -0.3 is 14.7 Å². The number of benzene rings is 1. The van der Waals surface area contributed by atoms with Crippen molar-refractivity contribution < 1.29 is 14.1 Å². The molecule has 2 aromatic heterocycles. The van der Waals surface area contributed by atoms with Gasteiger partial charge in [-0.1, -0.05) is 35.5 Å². The molecule has 1 aromatic carbocycles. The molecule has 1 aliphatic rings. The van der Waals surface area contributed by atoms with E-state index in [0.29, 0.717) is 22.0 Å². The summed E-state index contributed by atoms with van der Waals surface area (Å²) in [5.74, 6) is 0.0257. The molecule has 1 unspecified atom stereocenters. The number of likely N-dealkylation sites (tertiary alicyclic amines) is 1. The number of aryl methyl sites for hydroxylation is 2. The molecule has 1 fully saturated rings. The van der Waals surface area contributed by atoms with Crippen molar-refractivity contribution in [3.63, 3.8) is 0 Å². The van der Waals surface area contributed by atoms with Crippen molar-refractivity contribution in [2.75, 3.05) is 18.4 Å². The van der Waals surface area contributed by atoms with Crippen LogP contribution in [0.2, 0.25) is 0 Å². The lowest BCUT2D eigenvalue weighted by Gasteiger charge is -2.27. The van der Waals surface area contributed by atoms with Gasteiger partial charge in [0.25, 0.3) is 5.91 Å². The van der Waals surface area contributed by atoms with E-state index in [-0.39, 0.29) is 11.8 Å². The summed E-state index contributed by atoms with van der Waals surface area (Å²) in [6.07, 6.45) is 3.19. The molecule has 3 aromatic rings. The highest BCUT2D eigenvalue weighted by molar-refractivity contribution is 7.20. The lowest BCUT2D eigenvalue weighted by Crippen LogP contribution is -2.36. The standard InChI is InChI=1S/C25H29N3O3S/c1-15-21(25(30)28-13-9-6-10-14-28)24(32-22(15)19-11-7-5-8-12-19)26-23(29)16(2)20-17(3)27-31-18(20)4/h5,7-8,11-12,16H,6,9-10,13-14H2,1-4H3,(H,26,29). The Labute approximate surface area is 192 Å². The number of carbonyl (C=O) groups is 2. The number of anilines is 1. The maximum atomic E-state index is 13.5. The number of nitrogens with zero attached hydrogens (tertiary/aromatic N) is 2. The highest BCUT2D eigenvalue weighted by Crippen LogP contribution is 2.41. The summed E-state index contributed by atoms with van der Waals surface area (Å²) in [5.41, 5.74) is 4.07. The average molecular weight is 452 g/mol. The fourth-order valence-corrected chi connectivity index (χ4v) is 5.65. The van der Waals surface area contributed by atoms with Gasteiger partial charge in [-0.3, -0.25) is 9.59 Å². The van der Waals surface area contributed by atoms with Gasteiger partial charge in [0, 0.05) is 23.5 Å². The smallest absolute Gasteiger partial charge is 0.257 e. The van der Waals surface area contributed by atoms with Crippen LogP contribution in [-0.2, 0) is 4.79 Å². The van der Waals surface area contributed by atoms with Gasteiger partial charge in [-0.2, -0.15) is 0 Å². The maximum absolute atomic E-state index is 13.5. The molecule has 32 heavy (non-hydrogen) atoms. The number of carbonyl (C=O) groups excluding carboxylic acids is 2. The number of rotatable bonds is 5. The van der Waals surface area contributed by atoms with E-state index in [9.17, 15) is 9.59 Å². The molecule has 2 amide bonds. The van der Waals surface area contributed by atoms with E-state index in [2.05, 4.69) is 10.5 Å². The highest BCUT2D eigenvalue weighted by atomic mass is 32.1. The molecule has 6 nitrogen and oxygen atoms in total. The molecule has 3 heterocycles. The second-order valence-corrected chi connectivity index (χ2v) is 9.45. The van der Waals surface area contributed by atoms with Gasteiger partial charge in [-0.15, -0.1) is 11.3 Å². The van der Waals surface area contributed by atoms with Gasteiger partial charge in [0.15, 0.2) is 0 Å². The third-order valence-corrected chi connectivity index (χ3v) is 7.45. The number of hydrogen-bond donors (Lipinski definition) is 1. The second kappa shape index (κ2) is 9.28. The molecule has 4 rings (SSSR count). The summed E-state index contributed by atoms with van der Waals surface area (Å²) >= 11 is 1.46. The fraction of sp³-hybridized carbons (Fsp3) is 0.400. The van der Waals surface area contributed by atoms with Crippen LogP contribution in [0.25, 0.3) is 10.4 Å². The molecule has 0 spiro atoms. The quantitative estimate of drug-likeness (QED) is 0.540. The summed E-state index contributed by atoms with van der Waals surface area (Å²) in [5, 5.41) is 7.66. The van der Waals surface area contributed by atoms with Crippen LogP contribution in [0, 0.1) is 20.8 Å². The van der Waals surface area contributed by atoms with E-state index in [1.54, 1.807) is 0 Å². The van der Waals surface area contributed by atoms with Crippen molar-refractivity contribution in [1.29, 1.82) is 0 Å². The zero-order valence-electron chi connectivity index (χ0n) is 19.0. The minimum Gasteiger partial charge on any atom is -0.361 e. The first-order valence-corrected chi connectivity index (χ1v) is 11.9. The molecule has 0 radical (unpaired) electrons. The number of thiophene rings is 1. The van der Waals surface area contributed by atoms with Crippen molar-refractivity contribution in [2.24, 2.45) is 0 Å². The number of piperidine rings is 1. The molecule has 1 aliphatic heterocycles. The zero-order valence-corrected chi connectivity index (χ0v) is 19.8. The SMILES string of the molecule is Cc1noc(C)c1C(C)C(=O)Nc1sc(-c2ccccc2)c(C)c1C(=O)N1CCCCC1. The molecule has 0 saturated carbocycles. The summed E-state index contributed by atoms with van der Waals surface area (Å²) in [6.45, 7) is 8.99. The van der Waals surface area contributed by atoms with Crippen LogP contribution in [0.5, 0.6) is 0 Å². The van der Waals surface area contributed by atoms with E-state index in [0.717, 1.165) is 53.9 Å². The van der Waals surface area contributed by atoms with Gasteiger partial charge in [0.05, 0.1) is 17.2 Å². The molecule has 1 saturated heterocycles. The van der Waals surface area contributed by atoms with Crippen LogP contribution >= 0.6 is 11.3 Å². The summed E-state index contributed by atoms with van der Waals surface area (Å²) in [7, 11) is 0. The molecular weight excluding hydrogens is 422 g/mol. The normalized spacial score (nSPS) is 14.9. The highest BCUT2D eigenvalue weighted by Gasteiger charge is 2.30. The molecule has 1 N–H and O–H groups in total. The largest absolute Gasteiger partial charge is 0.361 e. The van der Waals surface area contributed by atoms with Gasteiger partial charge >= 0.3 is 0 Å². The molecular formula is C25H29N3O3S. The van der Waals surface area contributed by atoms with E-state index in [1.165, 1.54) is 11.3 Å². The van der Waals surface area contributed by atoms with E-state index in [4.69, 9.17) is 4.52 Å². The Morgan fingerprint density at radius 1 is 1.09 bits per heavy atom. The predicted molar refractivity (Wildman–Crippen MR) is 127 cm³/mol. The van der Waals surface area contributed by atoms with E-state index < -0.39 is 5.92 Å². The van der Waals surface area contributed by atoms with Crippen molar-refractivity contribution in [1.82, 2.24) is 10.1 Å². The van der Waals surface area contributed by atoms with Crippen LogP contribution in [0.4, 0.5) is 5.00 Å². The third kappa shape index (κ3) is 4.21. The lowest BCUT2D eigenvalue weighted by molar-refractivity contribution is -0.117. The van der Waals surface area contributed by atoms with Crippen LogP contribution in [0.1, 0.15) is 65.0 Å². The molecule has 0 bridgehead atoms. The first-order chi connectivity index (χ1) is 15.4. The Morgan fingerprint density at radius 3 is 2.41 bits per heavy atom. The minimum atomic E-state index is -0.443. The summed E-state index contributed by atoms with van der Waals surface area (Å²) in [4.78, 5) is 29.7. The number of nitrogens with one attached hydrogen (secondary N) is 1. The van der Waals surface area contributed by atoms with Gasteiger partial charge in [0.2, 0.25) is 5.91 Å². The van der Waals surface area contributed by atoms with E-state index >= 15 is 0 Å². The van der Waals surface area contributed by atoms with Crippen LogP contribution < -0.4 is 5.32 Å². The number of hydrogen-bond acceptors (Lipinski definition) is 5. The summed E-state index contributed by atoms with van der Waals surface area (Å²) in [6, 6.07) is 10.0. The van der Waals surface area contributed by atoms with Crippen molar-refractivity contribution in [2.45, 2.75) is 52.9 Å². The van der Waals surface area contributed by atoms with Gasteiger partial charge in [-0.05, 0) is 58.1 Å². The fourth-order valence-electron chi connectivity index (χ4n) is 4.44. The minimum absolute atomic E-state index is 0.000855. The third-order valence-electron chi connectivity index (χ3n) is 6.19. The molecule has 7 heteroatoms. The topological polar surface area (TPSA) is 75.4 Å². The number of aromatic nitrogens is 1. The van der Waals surface area contributed by atoms with Crippen molar-refractivity contribution in [3.8, 4) is 10.4 Å². The average Bonchev–Trinajstić information content (AvgIpc) is 3.32. The Balaban J connectivity index is 1.71. The maximum Gasteiger partial charge on any atom is 0.257 e. The zero-order chi connectivity index (χ0) is 22.8. The lowest BCUT2D eigenvalue weighted by atomic mass is 9.98. The Kier molecular flexibility index (Phi) is 6.46.